The standard InChI is InChI=1S/C5H12NO2PS/c1-9(7)6(5-10)3-2-4-8-9/h10H,2-5H2,1H3. The summed E-state index contributed by atoms with van der Waals surface area (Å²) in [6.45, 7) is 3.11. The van der Waals surface area contributed by atoms with Gasteiger partial charge in [0.1, 0.15) is 0 Å². The van der Waals surface area contributed by atoms with Crippen LogP contribution in [0.3, 0.4) is 0 Å². The lowest BCUT2D eigenvalue weighted by Crippen LogP contribution is -2.26. The molecule has 0 radical (unpaired) electrons. The highest BCUT2D eigenvalue weighted by molar-refractivity contribution is 7.80. The van der Waals surface area contributed by atoms with E-state index in [1.165, 1.54) is 0 Å². The summed E-state index contributed by atoms with van der Waals surface area (Å²) in [5.41, 5.74) is 0. The molecule has 0 aromatic heterocycles. The van der Waals surface area contributed by atoms with E-state index in [1.54, 1.807) is 11.3 Å². The first kappa shape index (κ1) is 8.60. The smallest absolute Gasteiger partial charge is 0.270 e. The molecule has 1 rings (SSSR count). The Balaban J connectivity index is 2.60. The second-order valence-electron chi connectivity index (χ2n) is 2.36. The van der Waals surface area contributed by atoms with Crippen LogP contribution < -0.4 is 0 Å². The molecular weight excluding hydrogens is 169 g/mol. The molecule has 0 spiro atoms. The van der Waals surface area contributed by atoms with Gasteiger partial charge in [0.2, 0.25) is 0 Å². The van der Waals surface area contributed by atoms with E-state index >= 15 is 0 Å². The Hall–Kier alpha value is 0.500. The third-order valence-electron chi connectivity index (χ3n) is 1.57. The Kier molecular flexibility index (Phi) is 2.81. The normalized spacial score (nSPS) is 36.2. The van der Waals surface area contributed by atoms with Crippen LogP contribution in [0.4, 0.5) is 0 Å². The Labute approximate surface area is 66.7 Å². The van der Waals surface area contributed by atoms with Crippen molar-refractivity contribution >= 4 is 20.1 Å². The molecule has 1 atom stereocenters. The van der Waals surface area contributed by atoms with Crippen LogP contribution in [0.15, 0.2) is 0 Å². The molecule has 0 saturated carbocycles. The molecule has 1 aliphatic heterocycles. The summed E-state index contributed by atoms with van der Waals surface area (Å²) in [7, 11) is -2.44. The summed E-state index contributed by atoms with van der Waals surface area (Å²) in [6.07, 6.45) is 0.957. The van der Waals surface area contributed by atoms with Gasteiger partial charge in [-0.25, -0.2) is 4.67 Å². The molecular formula is C5H12NO2PS. The molecule has 60 valence electrons. The number of thiol groups is 1. The first-order valence-corrected chi connectivity index (χ1v) is 5.91. The van der Waals surface area contributed by atoms with Crippen LogP contribution in [0.1, 0.15) is 6.42 Å². The van der Waals surface area contributed by atoms with Crippen molar-refractivity contribution in [2.45, 2.75) is 6.42 Å². The van der Waals surface area contributed by atoms with E-state index in [0.29, 0.717) is 12.5 Å². The minimum absolute atomic E-state index is 0.522. The lowest BCUT2D eigenvalue weighted by Gasteiger charge is -2.30. The van der Waals surface area contributed by atoms with E-state index in [4.69, 9.17) is 4.52 Å². The molecule has 0 bridgehead atoms. The first-order chi connectivity index (χ1) is 4.67. The molecule has 1 fully saturated rings. The maximum absolute atomic E-state index is 11.5. The summed E-state index contributed by atoms with van der Waals surface area (Å²) in [5, 5.41) is 0. The van der Waals surface area contributed by atoms with Crippen LogP contribution >= 0.6 is 20.1 Å². The number of hydrogen-bond acceptors (Lipinski definition) is 3. The lowest BCUT2D eigenvalue weighted by molar-refractivity contribution is 0.223. The summed E-state index contributed by atoms with van der Waals surface area (Å²) >= 11 is 4.05. The Bertz CT molecular complexity index is 164. The van der Waals surface area contributed by atoms with Gasteiger partial charge in [-0.15, -0.1) is 0 Å². The Morgan fingerprint density at radius 2 is 2.50 bits per heavy atom. The minimum Gasteiger partial charge on any atom is -0.318 e. The third-order valence-corrected chi connectivity index (χ3v) is 4.16. The molecule has 0 aromatic rings. The molecule has 0 N–H and O–H groups in total. The third kappa shape index (κ3) is 1.76. The van der Waals surface area contributed by atoms with Crippen molar-refractivity contribution in [2.24, 2.45) is 0 Å². The van der Waals surface area contributed by atoms with Gasteiger partial charge in [-0.2, -0.15) is 12.6 Å². The molecule has 0 amide bonds. The van der Waals surface area contributed by atoms with Crippen LogP contribution in [-0.4, -0.2) is 30.4 Å². The van der Waals surface area contributed by atoms with Crippen molar-refractivity contribution < 1.29 is 9.09 Å². The zero-order chi connectivity index (χ0) is 7.61. The molecule has 1 heterocycles. The second-order valence-corrected chi connectivity index (χ2v) is 5.07. The van der Waals surface area contributed by atoms with E-state index < -0.39 is 7.52 Å². The van der Waals surface area contributed by atoms with Gasteiger partial charge in [-0.3, -0.25) is 4.57 Å². The van der Waals surface area contributed by atoms with Gasteiger partial charge in [0.15, 0.2) is 0 Å². The van der Waals surface area contributed by atoms with Crippen LogP contribution in [0, 0.1) is 0 Å². The van der Waals surface area contributed by atoms with Gasteiger partial charge in [-0.05, 0) is 6.42 Å². The fraction of sp³-hybridized carbons (Fsp3) is 1.00. The fourth-order valence-electron chi connectivity index (χ4n) is 0.930. The van der Waals surface area contributed by atoms with Crippen molar-refractivity contribution in [3.63, 3.8) is 0 Å². The SMILES string of the molecule is CP1(=O)OCCCN1CS. The average molecular weight is 181 g/mol. The van der Waals surface area contributed by atoms with Crippen LogP contribution in [0.2, 0.25) is 0 Å². The summed E-state index contributed by atoms with van der Waals surface area (Å²) < 4.78 is 18.3. The van der Waals surface area contributed by atoms with Crippen LogP contribution in [0.25, 0.3) is 0 Å². The molecule has 1 unspecified atom stereocenters. The van der Waals surface area contributed by atoms with Crippen LogP contribution in [0.5, 0.6) is 0 Å². The summed E-state index contributed by atoms with van der Waals surface area (Å²) in [5.74, 6) is 0.522. The molecule has 0 aliphatic carbocycles. The van der Waals surface area contributed by atoms with Gasteiger partial charge in [0.05, 0.1) is 6.61 Å². The molecule has 0 aromatic carbocycles. The van der Waals surface area contributed by atoms with Gasteiger partial charge in [-0.1, -0.05) is 0 Å². The highest BCUT2D eigenvalue weighted by Crippen LogP contribution is 2.49. The van der Waals surface area contributed by atoms with Crippen molar-refractivity contribution in [2.75, 3.05) is 25.7 Å². The average Bonchev–Trinajstić information content (AvgIpc) is 1.87. The molecule has 10 heavy (non-hydrogen) atoms. The van der Waals surface area contributed by atoms with Crippen molar-refractivity contribution in [3.8, 4) is 0 Å². The molecule has 5 heteroatoms. The second kappa shape index (κ2) is 3.26. The zero-order valence-electron chi connectivity index (χ0n) is 5.99. The monoisotopic (exact) mass is 181 g/mol. The van der Waals surface area contributed by atoms with Crippen molar-refractivity contribution in [1.29, 1.82) is 0 Å². The highest BCUT2D eigenvalue weighted by Gasteiger charge is 2.27. The van der Waals surface area contributed by atoms with Gasteiger partial charge in [0, 0.05) is 19.1 Å². The van der Waals surface area contributed by atoms with E-state index in [-0.39, 0.29) is 0 Å². The maximum atomic E-state index is 11.5. The van der Waals surface area contributed by atoms with Crippen molar-refractivity contribution in [3.05, 3.63) is 0 Å². The quantitative estimate of drug-likeness (QED) is 0.490. The van der Waals surface area contributed by atoms with E-state index in [2.05, 4.69) is 12.6 Å². The van der Waals surface area contributed by atoms with Crippen LogP contribution in [-0.2, 0) is 9.09 Å². The predicted molar refractivity (Wildman–Crippen MR) is 44.7 cm³/mol. The number of hydrogen-bond donors (Lipinski definition) is 1. The Morgan fingerprint density at radius 1 is 1.80 bits per heavy atom. The van der Waals surface area contributed by atoms with E-state index in [9.17, 15) is 4.57 Å². The molecule has 1 aliphatic rings. The molecule has 3 nitrogen and oxygen atoms in total. The predicted octanol–water partition coefficient (Wildman–Crippen LogP) is 1.42. The summed E-state index contributed by atoms with van der Waals surface area (Å²) in [4.78, 5) is 0. The highest BCUT2D eigenvalue weighted by atomic mass is 32.1. The van der Waals surface area contributed by atoms with Gasteiger partial charge < -0.3 is 4.52 Å². The maximum Gasteiger partial charge on any atom is 0.270 e. The lowest BCUT2D eigenvalue weighted by atomic mass is 10.5. The Morgan fingerprint density at radius 3 is 2.90 bits per heavy atom. The summed E-state index contributed by atoms with van der Waals surface area (Å²) in [6, 6.07) is 0. The minimum atomic E-state index is -2.44. The number of rotatable bonds is 1. The fourth-order valence-corrected chi connectivity index (χ4v) is 3.13. The van der Waals surface area contributed by atoms with Crippen molar-refractivity contribution in [1.82, 2.24) is 4.67 Å². The number of nitrogens with zero attached hydrogens (tertiary/aromatic N) is 1. The van der Waals surface area contributed by atoms with Gasteiger partial charge in [0.25, 0.3) is 7.52 Å². The molecule has 1 saturated heterocycles. The zero-order valence-corrected chi connectivity index (χ0v) is 7.78. The van der Waals surface area contributed by atoms with E-state index in [1.807, 2.05) is 0 Å². The van der Waals surface area contributed by atoms with E-state index in [0.717, 1.165) is 13.0 Å². The largest absolute Gasteiger partial charge is 0.318 e. The van der Waals surface area contributed by atoms with Gasteiger partial charge >= 0.3 is 0 Å². The topological polar surface area (TPSA) is 29.5 Å². The first-order valence-electron chi connectivity index (χ1n) is 3.25.